The molecule has 0 amide bonds. The van der Waals surface area contributed by atoms with Crippen molar-refractivity contribution in [3.05, 3.63) is 0 Å². The molecule has 120 valence electrons. The smallest absolute Gasteiger partial charge is 0.0110 e. The molecule has 0 unspecified atom stereocenters. The number of likely N-dealkylation sites (N-methyl/N-ethyl adjacent to an activating group) is 1. The molecule has 2 N–H and O–H groups in total. The molecule has 0 aliphatic carbocycles. The number of hydrogen-bond acceptors (Lipinski definition) is 4. The highest BCUT2D eigenvalue weighted by molar-refractivity contribution is 4.71. The molecule has 0 atom stereocenters. The molecule has 0 saturated carbocycles. The standard InChI is InChI=1S/C16H36N4/c1-3-18(4-2)13-14-20-12-8-11-19(15-16-20)10-7-5-6-9-17/h3-17H2,1-2H3. The molecule has 1 rings (SSSR count). The summed E-state index contributed by atoms with van der Waals surface area (Å²) in [6.45, 7) is 16.5. The van der Waals surface area contributed by atoms with Crippen LogP contribution in [0.15, 0.2) is 0 Å². The van der Waals surface area contributed by atoms with Gasteiger partial charge in [-0.3, -0.25) is 0 Å². The first-order valence-corrected chi connectivity index (χ1v) is 8.67. The maximum atomic E-state index is 5.55. The number of hydrogen-bond donors (Lipinski definition) is 1. The van der Waals surface area contributed by atoms with Crippen molar-refractivity contribution in [1.82, 2.24) is 14.7 Å². The molecule has 4 heteroatoms. The Bertz CT molecular complexity index is 219. The maximum Gasteiger partial charge on any atom is 0.0110 e. The van der Waals surface area contributed by atoms with Crippen LogP contribution in [0.25, 0.3) is 0 Å². The second kappa shape index (κ2) is 11.5. The molecule has 4 nitrogen and oxygen atoms in total. The average Bonchev–Trinajstić information content (AvgIpc) is 2.70. The van der Waals surface area contributed by atoms with Crippen LogP contribution < -0.4 is 5.73 Å². The second-order valence-electron chi connectivity index (χ2n) is 5.91. The number of unbranched alkanes of at least 4 members (excludes halogenated alkanes) is 2. The molecule has 0 aromatic carbocycles. The SMILES string of the molecule is CCN(CC)CCN1CCCN(CCCCCN)CC1. The normalized spacial score (nSPS) is 18.6. The first kappa shape index (κ1) is 17.9. The van der Waals surface area contributed by atoms with Gasteiger partial charge in [0.25, 0.3) is 0 Å². The average molecular weight is 284 g/mol. The topological polar surface area (TPSA) is 35.7 Å². The number of rotatable bonds is 10. The van der Waals surface area contributed by atoms with Crippen molar-refractivity contribution in [2.24, 2.45) is 5.73 Å². The molecule has 0 spiro atoms. The Morgan fingerprint density at radius 1 is 0.850 bits per heavy atom. The van der Waals surface area contributed by atoms with E-state index in [0.717, 1.165) is 6.54 Å². The van der Waals surface area contributed by atoms with Crippen LogP contribution in [0, 0.1) is 0 Å². The van der Waals surface area contributed by atoms with Crippen molar-refractivity contribution in [3.63, 3.8) is 0 Å². The number of nitrogens with two attached hydrogens (primary N) is 1. The number of nitrogens with zero attached hydrogens (tertiary/aromatic N) is 3. The van der Waals surface area contributed by atoms with Gasteiger partial charge in [0.15, 0.2) is 0 Å². The van der Waals surface area contributed by atoms with Gasteiger partial charge in [-0.2, -0.15) is 0 Å². The highest BCUT2D eigenvalue weighted by Gasteiger charge is 2.14. The Labute approximate surface area is 126 Å². The van der Waals surface area contributed by atoms with E-state index >= 15 is 0 Å². The van der Waals surface area contributed by atoms with Crippen LogP contribution in [0.1, 0.15) is 39.5 Å². The van der Waals surface area contributed by atoms with Gasteiger partial charge < -0.3 is 20.4 Å². The van der Waals surface area contributed by atoms with E-state index in [1.165, 1.54) is 84.6 Å². The molecular weight excluding hydrogens is 248 g/mol. The maximum absolute atomic E-state index is 5.55. The summed E-state index contributed by atoms with van der Waals surface area (Å²) in [7, 11) is 0. The Morgan fingerprint density at radius 3 is 2.10 bits per heavy atom. The summed E-state index contributed by atoms with van der Waals surface area (Å²) < 4.78 is 0. The van der Waals surface area contributed by atoms with Crippen molar-refractivity contribution in [2.45, 2.75) is 39.5 Å². The van der Waals surface area contributed by atoms with E-state index in [1.54, 1.807) is 0 Å². The lowest BCUT2D eigenvalue weighted by Crippen LogP contribution is -2.37. The fourth-order valence-electron chi connectivity index (χ4n) is 2.95. The quantitative estimate of drug-likeness (QED) is 0.616. The summed E-state index contributed by atoms with van der Waals surface area (Å²) in [5.74, 6) is 0. The highest BCUT2D eigenvalue weighted by Crippen LogP contribution is 2.05. The van der Waals surface area contributed by atoms with Gasteiger partial charge in [0.1, 0.15) is 0 Å². The zero-order valence-electron chi connectivity index (χ0n) is 13.8. The van der Waals surface area contributed by atoms with Gasteiger partial charge in [0.05, 0.1) is 0 Å². The molecule has 0 radical (unpaired) electrons. The van der Waals surface area contributed by atoms with Crippen LogP contribution in [0.2, 0.25) is 0 Å². The lowest BCUT2D eigenvalue weighted by molar-refractivity contribution is 0.213. The van der Waals surface area contributed by atoms with Crippen LogP contribution >= 0.6 is 0 Å². The molecule has 1 fully saturated rings. The summed E-state index contributed by atoms with van der Waals surface area (Å²) in [6, 6.07) is 0. The Balaban J connectivity index is 2.15. The molecule has 0 bridgehead atoms. The Kier molecular flexibility index (Phi) is 10.3. The minimum atomic E-state index is 0.846. The molecular formula is C16H36N4. The van der Waals surface area contributed by atoms with Crippen molar-refractivity contribution >= 4 is 0 Å². The van der Waals surface area contributed by atoms with Gasteiger partial charge in [0, 0.05) is 26.2 Å². The van der Waals surface area contributed by atoms with Gasteiger partial charge in [-0.15, -0.1) is 0 Å². The molecule has 1 saturated heterocycles. The first-order valence-electron chi connectivity index (χ1n) is 8.67. The van der Waals surface area contributed by atoms with Crippen LogP contribution in [-0.4, -0.2) is 80.1 Å². The van der Waals surface area contributed by atoms with E-state index in [-0.39, 0.29) is 0 Å². The third-order valence-corrected chi connectivity index (χ3v) is 4.49. The predicted octanol–water partition coefficient (Wildman–Crippen LogP) is 1.46. The van der Waals surface area contributed by atoms with Crippen molar-refractivity contribution in [3.8, 4) is 0 Å². The van der Waals surface area contributed by atoms with E-state index in [1.807, 2.05) is 0 Å². The van der Waals surface area contributed by atoms with Gasteiger partial charge >= 0.3 is 0 Å². The summed E-state index contributed by atoms with van der Waals surface area (Å²) in [5.41, 5.74) is 5.55. The lowest BCUT2D eigenvalue weighted by Gasteiger charge is -2.25. The minimum Gasteiger partial charge on any atom is -0.330 e. The van der Waals surface area contributed by atoms with Gasteiger partial charge in [-0.05, 0) is 58.5 Å². The van der Waals surface area contributed by atoms with Crippen LogP contribution in [0.5, 0.6) is 0 Å². The van der Waals surface area contributed by atoms with E-state index in [4.69, 9.17) is 5.73 Å². The fraction of sp³-hybridized carbons (Fsp3) is 1.00. The van der Waals surface area contributed by atoms with Crippen LogP contribution in [-0.2, 0) is 0 Å². The van der Waals surface area contributed by atoms with E-state index in [2.05, 4.69) is 28.5 Å². The third kappa shape index (κ3) is 7.58. The van der Waals surface area contributed by atoms with E-state index < -0.39 is 0 Å². The monoisotopic (exact) mass is 284 g/mol. The molecule has 1 heterocycles. The summed E-state index contributed by atoms with van der Waals surface area (Å²) in [5, 5.41) is 0. The van der Waals surface area contributed by atoms with Gasteiger partial charge in [-0.25, -0.2) is 0 Å². The minimum absolute atomic E-state index is 0.846. The van der Waals surface area contributed by atoms with Crippen LogP contribution in [0.4, 0.5) is 0 Å². The van der Waals surface area contributed by atoms with Crippen molar-refractivity contribution in [1.29, 1.82) is 0 Å². The largest absolute Gasteiger partial charge is 0.330 e. The molecule has 0 aromatic heterocycles. The highest BCUT2D eigenvalue weighted by atomic mass is 15.2. The third-order valence-electron chi connectivity index (χ3n) is 4.49. The first-order chi connectivity index (χ1) is 9.80. The Morgan fingerprint density at radius 2 is 1.50 bits per heavy atom. The van der Waals surface area contributed by atoms with Crippen molar-refractivity contribution in [2.75, 3.05) is 65.4 Å². The predicted molar refractivity (Wildman–Crippen MR) is 88.2 cm³/mol. The van der Waals surface area contributed by atoms with Crippen LogP contribution in [0.3, 0.4) is 0 Å². The zero-order valence-corrected chi connectivity index (χ0v) is 13.8. The summed E-state index contributed by atoms with van der Waals surface area (Å²) >= 11 is 0. The lowest BCUT2D eigenvalue weighted by atomic mass is 10.2. The summed E-state index contributed by atoms with van der Waals surface area (Å²) in [4.78, 5) is 7.82. The molecule has 0 aromatic rings. The zero-order chi connectivity index (χ0) is 14.6. The molecule has 1 aliphatic heterocycles. The van der Waals surface area contributed by atoms with Gasteiger partial charge in [-0.1, -0.05) is 20.3 Å². The van der Waals surface area contributed by atoms with Crippen molar-refractivity contribution < 1.29 is 0 Å². The van der Waals surface area contributed by atoms with E-state index in [0.29, 0.717) is 0 Å². The second-order valence-corrected chi connectivity index (χ2v) is 5.91. The Hall–Kier alpha value is -0.160. The molecule has 1 aliphatic rings. The van der Waals surface area contributed by atoms with Gasteiger partial charge in [0.2, 0.25) is 0 Å². The van der Waals surface area contributed by atoms with E-state index in [9.17, 15) is 0 Å². The molecule has 20 heavy (non-hydrogen) atoms. The summed E-state index contributed by atoms with van der Waals surface area (Å²) in [6.07, 6.45) is 5.12. The fourth-order valence-corrected chi connectivity index (χ4v) is 2.95.